The van der Waals surface area contributed by atoms with Gasteiger partial charge in [-0.3, -0.25) is 14.6 Å². The molecule has 0 aromatic carbocycles. The molecular weight excluding hydrogens is 244 g/mol. The van der Waals surface area contributed by atoms with Gasteiger partial charge < -0.3 is 10.0 Å². The van der Waals surface area contributed by atoms with Gasteiger partial charge >= 0.3 is 5.97 Å². The second-order valence-electron chi connectivity index (χ2n) is 4.95. The van der Waals surface area contributed by atoms with Gasteiger partial charge in [0.2, 0.25) is 5.91 Å². The van der Waals surface area contributed by atoms with Crippen LogP contribution in [0.4, 0.5) is 0 Å². The number of amides is 1. The number of carbonyl (C=O) groups is 2. The van der Waals surface area contributed by atoms with Gasteiger partial charge in [-0.15, -0.1) is 0 Å². The van der Waals surface area contributed by atoms with E-state index >= 15 is 0 Å². The fourth-order valence-electron chi connectivity index (χ4n) is 2.60. The van der Waals surface area contributed by atoms with Gasteiger partial charge in [-0.2, -0.15) is 0 Å². The van der Waals surface area contributed by atoms with Crippen molar-refractivity contribution >= 4 is 11.9 Å². The second kappa shape index (κ2) is 5.82. The Morgan fingerprint density at radius 3 is 2.95 bits per heavy atom. The van der Waals surface area contributed by atoms with Crippen LogP contribution in [-0.4, -0.2) is 39.5 Å². The summed E-state index contributed by atoms with van der Waals surface area (Å²) in [4.78, 5) is 29.1. The Bertz CT molecular complexity index is 461. The van der Waals surface area contributed by atoms with Crippen LogP contribution in [0, 0.1) is 5.92 Å². The first-order valence-electron chi connectivity index (χ1n) is 6.51. The molecule has 1 N–H and O–H groups in total. The smallest absolute Gasteiger partial charge is 0.308 e. The van der Waals surface area contributed by atoms with Crippen molar-refractivity contribution in [3.63, 3.8) is 0 Å². The van der Waals surface area contributed by atoms with Crippen molar-refractivity contribution < 1.29 is 14.7 Å². The molecule has 0 unspecified atom stereocenters. The third-order valence-corrected chi connectivity index (χ3v) is 3.70. The summed E-state index contributed by atoms with van der Waals surface area (Å²) in [6.45, 7) is 2.46. The lowest BCUT2D eigenvalue weighted by atomic mass is 9.90. The van der Waals surface area contributed by atoms with Gasteiger partial charge in [0.05, 0.1) is 12.3 Å². The van der Waals surface area contributed by atoms with E-state index in [1.165, 1.54) is 0 Å². The molecule has 0 radical (unpaired) electrons. The summed E-state index contributed by atoms with van der Waals surface area (Å²) in [7, 11) is 0. The number of carboxylic acid groups (broad SMARTS) is 1. The van der Waals surface area contributed by atoms with Crippen LogP contribution < -0.4 is 0 Å². The molecule has 1 amide bonds. The lowest BCUT2D eigenvalue weighted by Gasteiger charge is -2.37. The predicted octanol–water partition coefficient (Wildman–Crippen LogP) is 1.34. The number of hydrogen-bond acceptors (Lipinski definition) is 3. The van der Waals surface area contributed by atoms with Crippen molar-refractivity contribution in [2.75, 3.05) is 6.54 Å². The van der Waals surface area contributed by atoms with Crippen molar-refractivity contribution in [2.45, 2.75) is 32.2 Å². The SMILES string of the molecule is C[C@@H]1[C@H](C(=O)O)CCCN1C(=O)Cc1cccnc1. The van der Waals surface area contributed by atoms with Crippen molar-refractivity contribution in [1.82, 2.24) is 9.88 Å². The van der Waals surface area contributed by atoms with Crippen LogP contribution >= 0.6 is 0 Å². The Hall–Kier alpha value is -1.91. The fraction of sp³-hybridized carbons (Fsp3) is 0.500. The van der Waals surface area contributed by atoms with E-state index in [-0.39, 0.29) is 18.4 Å². The van der Waals surface area contributed by atoms with Crippen molar-refractivity contribution in [2.24, 2.45) is 5.92 Å². The highest BCUT2D eigenvalue weighted by Gasteiger charge is 2.35. The zero-order valence-electron chi connectivity index (χ0n) is 11.0. The number of pyridine rings is 1. The topological polar surface area (TPSA) is 70.5 Å². The third-order valence-electron chi connectivity index (χ3n) is 3.70. The Kier molecular flexibility index (Phi) is 4.14. The molecule has 5 nitrogen and oxygen atoms in total. The summed E-state index contributed by atoms with van der Waals surface area (Å²) in [5.41, 5.74) is 0.858. The average Bonchev–Trinajstić information content (AvgIpc) is 2.39. The van der Waals surface area contributed by atoms with Crippen molar-refractivity contribution in [1.29, 1.82) is 0 Å². The lowest BCUT2D eigenvalue weighted by Crippen LogP contribution is -2.49. The second-order valence-corrected chi connectivity index (χ2v) is 4.95. The van der Waals surface area contributed by atoms with E-state index in [9.17, 15) is 9.59 Å². The number of hydrogen-bond donors (Lipinski definition) is 1. The third kappa shape index (κ3) is 3.10. The van der Waals surface area contributed by atoms with E-state index in [1.807, 2.05) is 13.0 Å². The first-order valence-corrected chi connectivity index (χ1v) is 6.51. The number of rotatable bonds is 3. The number of likely N-dealkylation sites (tertiary alicyclic amines) is 1. The molecule has 0 bridgehead atoms. The summed E-state index contributed by atoms with van der Waals surface area (Å²) in [5.74, 6) is -1.29. The summed E-state index contributed by atoms with van der Waals surface area (Å²) in [5, 5.41) is 9.15. The van der Waals surface area contributed by atoms with E-state index < -0.39 is 11.9 Å². The first kappa shape index (κ1) is 13.5. The van der Waals surface area contributed by atoms with Crippen LogP contribution in [-0.2, 0) is 16.0 Å². The van der Waals surface area contributed by atoms with Crippen LogP contribution in [0.5, 0.6) is 0 Å². The first-order chi connectivity index (χ1) is 9.09. The van der Waals surface area contributed by atoms with E-state index in [0.717, 1.165) is 12.0 Å². The molecule has 102 valence electrons. The lowest BCUT2D eigenvalue weighted by molar-refractivity contribution is -0.148. The molecule has 0 aliphatic carbocycles. The van der Waals surface area contributed by atoms with Crippen molar-refractivity contribution in [3.05, 3.63) is 30.1 Å². The van der Waals surface area contributed by atoms with Crippen LogP contribution in [0.3, 0.4) is 0 Å². The van der Waals surface area contributed by atoms with Gasteiger partial charge in [-0.25, -0.2) is 0 Å². The molecule has 2 heterocycles. The van der Waals surface area contributed by atoms with Gasteiger partial charge in [0.25, 0.3) is 0 Å². The van der Waals surface area contributed by atoms with Crippen molar-refractivity contribution in [3.8, 4) is 0 Å². The zero-order chi connectivity index (χ0) is 13.8. The van der Waals surface area contributed by atoms with Gasteiger partial charge in [-0.05, 0) is 31.4 Å². The number of carboxylic acids is 1. The summed E-state index contributed by atoms with van der Waals surface area (Å²) < 4.78 is 0. The van der Waals surface area contributed by atoms with E-state index in [0.29, 0.717) is 13.0 Å². The molecule has 1 saturated heterocycles. The van der Waals surface area contributed by atoms with Crippen LogP contribution in [0.25, 0.3) is 0 Å². The maximum absolute atomic E-state index is 12.3. The maximum atomic E-state index is 12.3. The molecule has 1 fully saturated rings. The zero-order valence-corrected chi connectivity index (χ0v) is 11.0. The monoisotopic (exact) mass is 262 g/mol. The molecule has 5 heteroatoms. The highest BCUT2D eigenvalue weighted by molar-refractivity contribution is 5.80. The van der Waals surface area contributed by atoms with Crippen LogP contribution in [0.1, 0.15) is 25.3 Å². The van der Waals surface area contributed by atoms with E-state index in [1.54, 1.807) is 23.4 Å². The highest BCUT2D eigenvalue weighted by atomic mass is 16.4. The van der Waals surface area contributed by atoms with E-state index in [2.05, 4.69) is 4.98 Å². The summed E-state index contributed by atoms with van der Waals surface area (Å²) >= 11 is 0. The summed E-state index contributed by atoms with van der Waals surface area (Å²) in [6, 6.07) is 3.41. The molecule has 1 aliphatic heterocycles. The molecule has 19 heavy (non-hydrogen) atoms. The van der Waals surface area contributed by atoms with Gasteiger partial charge in [-0.1, -0.05) is 6.07 Å². The Labute approximate surface area is 112 Å². The number of aliphatic carboxylic acids is 1. The standard InChI is InChI=1S/C14H18N2O3/c1-10-12(14(18)19)5-3-7-16(10)13(17)8-11-4-2-6-15-9-11/h2,4,6,9-10,12H,3,5,7-8H2,1H3,(H,18,19)/t10-,12-/m1/s1. The summed E-state index contributed by atoms with van der Waals surface area (Å²) in [6.07, 6.45) is 5.01. The van der Waals surface area contributed by atoms with E-state index in [4.69, 9.17) is 5.11 Å². The van der Waals surface area contributed by atoms with Gasteiger partial charge in [0.1, 0.15) is 0 Å². The molecule has 1 aromatic rings. The fourth-order valence-corrected chi connectivity index (χ4v) is 2.60. The number of nitrogens with zero attached hydrogens (tertiary/aromatic N) is 2. The minimum absolute atomic E-state index is 0.0218. The van der Waals surface area contributed by atoms with Crippen LogP contribution in [0.15, 0.2) is 24.5 Å². The quantitative estimate of drug-likeness (QED) is 0.892. The van der Waals surface area contributed by atoms with Gasteiger partial charge in [0, 0.05) is 25.0 Å². The Morgan fingerprint density at radius 1 is 1.53 bits per heavy atom. The largest absolute Gasteiger partial charge is 0.481 e. The minimum atomic E-state index is -0.814. The normalized spacial score (nSPS) is 23.1. The highest BCUT2D eigenvalue weighted by Crippen LogP contribution is 2.24. The van der Waals surface area contributed by atoms with Crippen LogP contribution in [0.2, 0.25) is 0 Å². The molecule has 2 atom stereocenters. The Morgan fingerprint density at radius 2 is 2.32 bits per heavy atom. The maximum Gasteiger partial charge on any atom is 0.308 e. The number of piperidine rings is 1. The molecular formula is C14H18N2O3. The van der Waals surface area contributed by atoms with Gasteiger partial charge in [0.15, 0.2) is 0 Å². The minimum Gasteiger partial charge on any atom is -0.481 e. The molecule has 0 spiro atoms. The molecule has 1 aliphatic rings. The number of aromatic nitrogens is 1. The number of carbonyl (C=O) groups excluding carboxylic acids is 1. The predicted molar refractivity (Wildman–Crippen MR) is 69.5 cm³/mol. The molecule has 2 rings (SSSR count). The molecule has 1 aromatic heterocycles. The molecule has 0 saturated carbocycles. The average molecular weight is 262 g/mol. The Balaban J connectivity index is 2.04.